The van der Waals surface area contributed by atoms with Crippen LogP contribution in [0.2, 0.25) is 0 Å². The Morgan fingerprint density at radius 2 is 2.20 bits per heavy atom. The molecule has 15 heavy (non-hydrogen) atoms. The molecule has 0 saturated heterocycles. The molecular weight excluding hydrogens is 199 g/mol. The number of hydrogen-bond donors (Lipinski definition) is 1. The van der Waals surface area contributed by atoms with Gasteiger partial charge in [-0.2, -0.15) is 4.39 Å². The standard InChI is InChI=1S/C10H13FN2O2/c1-7(2)12-6-8-4-3-5-9(10(8)11)13(14)15/h3-5,7,12H,6H2,1-2H3. The summed E-state index contributed by atoms with van der Waals surface area (Å²) in [6.07, 6.45) is 0. The maximum atomic E-state index is 13.5. The molecule has 82 valence electrons. The van der Waals surface area contributed by atoms with E-state index in [0.29, 0.717) is 12.1 Å². The fourth-order valence-electron chi connectivity index (χ4n) is 1.16. The molecule has 0 spiro atoms. The molecule has 1 aromatic carbocycles. The van der Waals surface area contributed by atoms with Gasteiger partial charge in [-0.05, 0) is 0 Å². The second-order valence-corrected chi connectivity index (χ2v) is 3.54. The minimum atomic E-state index is -0.754. The molecule has 0 bridgehead atoms. The Balaban J connectivity index is 2.89. The van der Waals surface area contributed by atoms with Crippen molar-refractivity contribution in [2.24, 2.45) is 0 Å². The summed E-state index contributed by atoms with van der Waals surface area (Å²) in [6.45, 7) is 4.15. The average molecular weight is 212 g/mol. The van der Waals surface area contributed by atoms with Gasteiger partial charge >= 0.3 is 5.69 Å². The molecule has 5 heteroatoms. The number of benzene rings is 1. The molecule has 0 atom stereocenters. The lowest BCUT2D eigenvalue weighted by Crippen LogP contribution is -2.22. The molecule has 0 heterocycles. The highest BCUT2D eigenvalue weighted by molar-refractivity contribution is 5.36. The van der Waals surface area contributed by atoms with E-state index >= 15 is 0 Å². The molecule has 0 saturated carbocycles. The van der Waals surface area contributed by atoms with E-state index < -0.39 is 16.4 Å². The summed E-state index contributed by atoms with van der Waals surface area (Å²) < 4.78 is 13.5. The average Bonchev–Trinajstić information content (AvgIpc) is 2.15. The van der Waals surface area contributed by atoms with Gasteiger partial charge in [0, 0.05) is 24.2 Å². The van der Waals surface area contributed by atoms with Crippen molar-refractivity contribution in [3.63, 3.8) is 0 Å². The number of hydrogen-bond acceptors (Lipinski definition) is 3. The Morgan fingerprint density at radius 3 is 2.73 bits per heavy atom. The smallest absolute Gasteiger partial charge is 0.305 e. The summed E-state index contributed by atoms with van der Waals surface area (Å²) in [5.41, 5.74) is -0.157. The van der Waals surface area contributed by atoms with Crippen LogP contribution in [0.25, 0.3) is 0 Å². The summed E-state index contributed by atoms with van der Waals surface area (Å²) >= 11 is 0. The van der Waals surface area contributed by atoms with Crippen LogP contribution in [-0.2, 0) is 6.54 Å². The van der Waals surface area contributed by atoms with Crippen molar-refractivity contribution < 1.29 is 9.31 Å². The topological polar surface area (TPSA) is 55.2 Å². The van der Waals surface area contributed by atoms with E-state index in [1.54, 1.807) is 0 Å². The van der Waals surface area contributed by atoms with Gasteiger partial charge in [-0.15, -0.1) is 0 Å². The normalized spacial score (nSPS) is 10.7. The van der Waals surface area contributed by atoms with Crippen LogP contribution in [0.4, 0.5) is 10.1 Å². The van der Waals surface area contributed by atoms with Crippen molar-refractivity contribution in [2.75, 3.05) is 0 Å². The van der Waals surface area contributed by atoms with Crippen LogP contribution >= 0.6 is 0 Å². The quantitative estimate of drug-likeness (QED) is 0.615. The Hall–Kier alpha value is -1.49. The lowest BCUT2D eigenvalue weighted by atomic mass is 10.2. The Bertz CT molecular complexity index is 366. The second kappa shape index (κ2) is 4.84. The van der Waals surface area contributed by atoms with Gasteiger partial charge in [0.2, 0.25) is 5.82 Å². The molecule has 0 amide bonds. The van der Waals surface area contributed by atoms with E-state index in [-0.39, 0.29) is 6.04 Å². The largest absolute Gasteiger partial charge is 0.310 e. The van der Waals surface area contributed by atoms with Gasteiger partial charge in [0.05, 0.1) is 4.92 Å². The second-order valence-electron chi connectivity index (χ2n) is 3.54. The third-order valence-corrected chi connectivity index (χ3v) is 1.96. The lowest BCUT2D eigenvalue weighted by molar-refractivity contribution is -0.387. The minimum Gasteiger partial charge on any atom is -0.310 e. The molecule has 0 aliphatic rings. The lowest BCUT2D eigenvalue weighted by Gasteiger charge is -2.08. The molecule has 0 unspecified atom stereocenters. The first-order valence-electron chi connectivity index (χ1n) is 4.67. The van der Waals surface area contributed by atoms with Crippen molar-refractivity contribution in [3.05, 3.63) is 39.7 Å². The monoisotopic (exact) mass is 212 g/mol. The summed E-state index contributed by atoms with van der Waals surface area (Å²) in [4.78, 5) is 9.74. The molecule has 1 aromatic rings. The van der Waals surface area contributed by atoms with Gasteiger partial charge in [-0.25, -0.2) is 0 Å². The highest BCUT2D eigenvalue weighted by atomic mass is 19.1. The first kappa shape index (κ1) is 11.6. The zero-order valence-corrected chi connectivity index (χ0v) is 8.66. The molecule has 0 aromatic heterocycles. The predicted molar refractivity (Wildman–Crippen MR) is 55.0 cm³/mol. The molecule has 1 N–H and O–H groups in total. The number of nitrogens with one attached hydrogen (secondary N) is 1. The van der Waals surface area contributed by atoms with Crippen LogP contribution in [0.1, 0.15) is 19.4 Å². The van der Waals surface area contributed by atoms with Gasteiger partial charge in [-0.1, -0.05) is 26.0 Å². The maximum Gasteiger partial charge on any atom is 0.305 e. The third kappa shape index (κ3) is 2.99. The molecule has 0 fully saturated rings. The van der Waals surface area contributed by atoms with E-state index in [2.05, 4.69) is 5.32 Å². The fourth-order valence-corrected chi connectivity index (χ4v) is 1.16. The van der Waals surface area contributed by atoms with Crippen LogP contribution in [-0.4, -0.2) is 11.0 Å². The maximum absolute atomic E-state index is 13.5. The first-order valence-corrected chi connectivity index (χ1v) is 4.67. The van der Waals surface area contributed by atoms with Gasteiger partial charge < -0.3 is 5.32 Å². The third-order valence-electron chi connectivity index (χ3n) is 1.96. The Kier molecular flexibility index (Phi) is 3.74. The number of nitro benzene ring substituents is 1. The van der Waals surface area contributed by atoms with Gasteiger partial charge in [0.25, 0.3) is 0 Å². The van der Waals surface area contributed by atoms with E-state index in [4.69, 9.17) is 0 Å². The number of nitrogens with zero attached hydrogens (tertiary/aromatic N) is 1. The van der Waals surface area contributed by atoms with Gasteiger partial charge in [-0.3, -0.25) is 10.1 Å². The summed E-state index contributed by atoms with van der Waals surface area (Å²) in [5, 5.41) is 13.5. The van der Waals surface area contributed by atoms with Crippen molar-refractivity contribution in [3.8, 4) is 0 Å². The molecule has 0 aliphatic heterocycles. The molecule has 1 rings (SSSR count). The summed E-state index contributed by atoms with van der Waals surface area (Å²) in [7, 11) is 0. The van der Waals surface area contributed by atoms with Crippen molar-refractivity contribution in [2.45, 2.75) is 26.4 Å². The van der Waals surface area contributed by atoms with Crippen molar-refractivity contribution >= 4 is 5.69 Å². The van der Waals surface area contributed by atoms with Crippen LogP contribution in [0.5, 0.6) is 0 Å². The Labute approximate surface area is 87.3 Å². The zero-order chi connectivity index (χ0) is 11.4. The van der Waals surface area contributed by atoms with Crippen LogP contribution < -0.4 is 5.32 Å². The number of rotatable bonds is 4. The van der Waals surface area contributed by atoms with E-state index in [0.717, 1.165) is 6.07 Å². The molecule has 0 aliphatic carbocycles. The summed E-state index contributed by atoms with van der Waals surface area (Å²) in [5.74, 6) is -0.754. The van der Waals surface area contributed by atoms with Crippen LogP contribution in [0.3, 0.4) is 0 Å². The molecule has 4 nitrogen and oxygen atoms in total. The zero-order valence-electron chi connectivity index (χ0n) is 8.66. The predicted octanol–water partition coefficient (Wildman–Crippen LogP) is 2.23. The van der Waals surface area contributed by atoms with Gasteiger partial charge in [0.1, 0.15) is 0 Å². The number of nitro groups is 1. The van der Waals surface area contributed by atoms with Gasteiger partial charge in [0.15, 0.2) is 0 Å². The van der Waals surface area contributed by atoms with E-state index in [9.17, 15) is 14.5 Å². The van der Waals surface area contributed by atoms with Crippen molar-refractivity contribution in [1.29, 1.82) is 0 Å². The first-order chi connectivity index (χ1) is 7.02. The van der Waals surface area contributed by atoms with Crippen LogP contribution in [0, 0.1) is 15.9 Å². The van der Waals surface area contributed by atoms with Crippen molar-refractivity contribution in [1.82, 2.24) is 5.32 Å². The summed E-state index contributed by atoms with van der Waals surface area (Å²) in [6, 6.07) is 4.40. The Morgan fingerprint density at radius 1 is 1.53 bits per heavy atom. The molecule has 0 radical (unpaired) electrons. The highest BCUT2D eigenvalue weighted by Gasteiger charge is 2.16. The fraction of sp³-hybridized carbons (Fsp3) is 0.400. The minimum absolute atomic E-state index is 0.212. The SMILES string of the molecule is CC(C)NCc1cccc([N+](=O)[O-])c1F. The highest BCUT2D eigenvalue weighted by Crippen LogP contribution is 2.19. The number of halogens is 1. The van der Waals surface area contributed by atoms with E-state index in [1.807, 2.05) is 13.8 Å². The van der Waals surface area contributed by atoms with Crippen LogP contribution in [0.15, 0.2) is 18.2 Å². The molecular formula is C10H13FN2O2. The van der Waals surface area contributed by atoms with E-state index in [1.165, 1.54) is 12.1 Å².